The largest absolute Gasteiger partial charge is 0.381 e. The lowest BCUT2D eigenvalue weighted by molar-refractivity contribution is 0.0935. The second-order valence-electron chi connectivity index (χ2n) is 7.26. The number of fused-ring (bicyclic) bond motifs is 1. The number of benzene rings is 1. The molecule has 0 fully saturated rings. The highest BCUT2D eigenvalue weighted by Crippen LogP contribution is 2.30. The van der Waals surface area contributed by atoms with Crippen LogP contribution in [0.3, 0.4) is 0 Å². The molecule has 2 heterocycles. The van der Waals surface area contributed by atoms with E-state index in [4.69, 9.17) is 0 Å². The molecular formula is C23H26BrFN4O. The number of amides is 1. The Hall–Kier alpha value is -2.54. The van der Waals surface area contributed by atoms with Gasteiger partial charge in [-0.3, -0.25) is 9.78 Å². The molecule has 3 aromatic rings. The third-order valence-electron chi connectivity index (χ3n) is 4.98. The summed E-state index contributed by atoms with van der Waals surface area (Å²) >= 11 is 3.47. The van der Waals surface area contributed by atoms with E-state index in [1.807, 2.05) is 19.1 Å². The smallest absolute Gasteiger partial charge is 0.272 e. The molecule has 0 saturated heterocycles. The Morgan fingerprint density at radius 2 is 1.93 bits per heavy atom. The van der Waals surface area contributed by atoms with Crippen LogP contribution in [0.4, 0.5) is 10.1 Å². The van der Waals surface area contributed by atoms with Gasteiger partial charge in [-0.05, 0) is 59.1 Å². The number of rotatable bonds is 9. The van der Waals surface area contributed by atoms with E-state index in [0.29, 0.717) is 15.8 Å². The molecule has 0 aliphatic carbocycles. The van der Waals surface area contributed by atoms with E-state index in [1.165, 1.54) is 25.0 Å². The SMILES string of the molecule is CCCCCCNc1c(C(=O)NC(C)c2ccc(F)cc2)nc(Br)c2cccnc12. The molecule has 1 amide bonds. The Morgan fingerprint density at radius 3 is 2.67 bits per heavy atom. The minimum atomic E-state index is -0.309. The van der Waals surface area contributed by atoms with Crippen LogP contribution in [0.15, 0.2) is 47.2 Å². The molecule has 0 bridgehead atoms. The molecule has 0 saturated carbocycles. The second-order valence-corrected chi connectivity index (χ2v) is 8.01. The van der Waals surface area contributed by atoms with Crippen molar-refractivity contribution in [1.29, 1.82) is 0 Å². The lowest BCUT2D eigenvalue weighted by Gasteiger charge is -2.18. The summed E-state index contributed by atoms with van der Waals surface area (Å²) in [6.07, 6.45) is 6.19. The van der Waals surface area contributed by atoms with Crippen molar-refractivity contribution in [2.45, 2.75) is 45.6 Å². The van der Waals surface area contributed by atoms with Gasteiger partial charge in [-0.2, -0.15) is 0 Å². The van der Waals surface area contributed by atoms with Crippen molar-refractivity contribution in [3.63, 3.8) is 0 Å². The number of hydrogen-bond acceptors (Lipinski definition) is 4. The standard InChI is InChI=1S/C23H26BrFN4O/c1-3-4-5-6-13-27-20-19-18(8-7-14-26-19)22(24)29-21(20)23(30)28-15(2)16-9-11-17(25)12-10-16/h7-12,14-15,27H,3-6,13H2,1-2H3,(H,28,30). The molecular weight excluding hydrogens is 447 g/mol. The molecule has 2 N–H and O–H groups in total. The number of nitrogens with one attached hydrogen (secondary N) is 2. The van der Waals surface area contributed by atoms with Gasteiger partial charge in [0.1, 0.15) is 10.4 Å². The molecule has 1 aromatic carbocycles. The Balaban J connectivity index is 1.87. The Labute approximate surface area is 184 Å². The molecule has 30 heavy (non-hydrogen) atoms. The monoisotopic (exact) mass is 472 g/mol. The molecule has 0 aliphatic rings. The molecule has 5 nitrogen and oxygen atoms in total. The molecule has 1 atom stereocenters. The van der Waals surface area contributed by atoms with Gasteiger partial charge in [-0.15, -0.1) is 0 Å². The van der Waals surface area contributed by atoms with Gasteiger partial charge >= 0.3 is 0 Å². The first kappa shape index (κ1) is 22.2. The van der Waals surface area contributed by atoms with Crippen molar-refractivity contribution in [2.75, 3.05) is 11.9 Å². The van der Waals surface area contributed by atoms with E-state index in [-0.39, 0.29) is 23.5 Å². The van der Waals surface area contributed by atoms with Gasteiger partial charge in [-0.25, -0.2) is 9.37 Å². The topological polar surface area (TPSA) is 66.9 Å². The van der Waals surface area contributed by atoms with Crippen molar-refractivity contribution in [2.24, 2.45) is 0 Å². The van der Waals surface area contributed by atoms with E-state index in [9.17, 15) is 9.18 Å². The maximum Gasteiger partial charge on any atom is 0.272 e. The first-order valence-corrected chi connectivity index (χ1v) is 11.0. The van der Waals surface area contributed by atoms with Crippen LogP contribution in [0.25, 0.3) is 10.9 Å². The van der Waals surface area contributed by atoms with E-state index < -0.39 is 0 Å². The third kappa shape index (κ3) is 5.33. The number of aromatic nitrogens is 2. The number of carbonyl (C=O) groups excluding carboxylic acids is 1. The van der Waals surface area contributed by atoms with Crippen molar-refractivity contribution in [3.8, 4) is 0 Å². The summed E-state index contributed by atoms with van der Waals surface area (Å²) in [6, 6.07) is 9.57. The molecule has 0 spiro atoms. The number of pyridine rings is 2. The predicted octanol–water partition coefficient (Wildman–Crippen LogP) is 6.01. The minimum absolute atomic E-state index is 0.289. The lowest BCUT2D eigenvalue weighted by atomic mass is 10.1. The van der Waals surface area contributed by atoms with Crippen molar-refractivity contribution in [1.82, 2.24) is 15.3 Å². The summed E-state index contributed by atoms with van der Waals surface area (Å²) in [5.74, 6) is -0.617. The molecule has 7 heteroatoms. The fourth-order valence-corrected chi connectivity index (χ4v) is 3.79. The van der Waals surface area contributed by atoms with Gasteiger partial charge in [0.2, 0.25) is 0 Å². The second kappa shape index (κ2) is 10.5. The Kier molecular flexibility index (Phi) is 7.74. The Bertz CT molecular complexity index is 1010. The lowest BCUT2D eigenvalue weighted by Crippen LogP contribution is -2.28. The van der Waals surface area contributed by atoms with Gasteiger partial charge in [0.05, 0.1) is 17.2 Å². The molecule has 2 aromatic heterocycles. The zero-order valence-electron chi connectivity index (χ0n) is 17.2. The summed E-state index contributed by atoms with van der Waals surface area (Å²) < 4.78 is 13.8. The summed E-state index contributed by atoms with van der Waals surface area (Å²) in [5, 5.41) is 7.19. The summed E-state index contributed by atoms with van der Waals surface area (Å²) in [5.41, 5.74) is 2.44. The zero-order valence-corrected chi connectivity index (χ0v) is 18.8. The molecule has 0 aliphatic heterocycles. The Morgan fingerprint density at radius 1 is 1.17 bits per heavy atom. The van der Waals surface area contributed by atoms with Gasteiger partial charge < -0.3 is 10.6 Å². The minimum Gasteiger partial charge on any atom is -0.381 e. The summed E-state index contributed by atoms with van der Waals surface area (Å²) in [6.45, 7) is 4.77. The highest BCUT2D eigenvalue weighted by Gasteiger charge is 2.21. The number of nitrogens with zero attached hydrogens (tertiary/aromatic N) is 2. The average molecular weight is 473 g/mol. The molecule has 0 radical (unpaired) electrons. The number of halogens is 2. The van der Waals surface area contributed by atoms with Crippen LogP contribution in [0, 0.1) is 5.82 Å². The van der Waals surface area contributed by atoms with Gasteiger partial charge in [0, 0.05) is 18.1 Å². The van der Waals surface area contributed by atoms with E-state index in [2.05, 4.69) is 43.5 Å². The first-order valence-electron chi connectivity index (χ1n) is 10.3. The highest BCUT2D eigenvalue weighted by atomic mass is 79.9. The van der Waals surface area contributed by atoms with Crippen LogP contribution >= 0.6 is 15.9 Å². The van der Waals surface area contributed by atoms with E-state index >= 15 is 0 Å². The number of carbonyl (C=O) groups is 1. The van der Waals surface area contributed by atoms with Gasteiger partial charge in [0.25, 0.3) is 5.91 Å². The third-order valence-corrected chi connectivity index (χ3v) is 5.58. The maximum atomic E-state index is 13.2. The van der Waals surface area contributed by atoms with E-state index in [0.717, 1.165) is 30.3 Å². The fraction of sp³-hybridized carbons (Fsp3) is 0.348. The molecule has 1 unspecified atom stereocenters. The van der Waals surface area contributed by atoms with Crippen LogP contribution in [-0.2, 0) is 0 Å². The zero-order chi connectivity index (χ0) is 21.5. The number of hydrogen-bond donors (Lipinski definition) is 2. The van der Waals surface area contributed by atoms with Crippen LogP contribution in [-0.4, -0.2) is 22.4 Å². The summed E-state index contributed by atoms with van der Waals surface area (Å²) in [7, 11) is 0. The number of unbranched alkanes of at least 4 members (excludes halogenated alkanes) is 3. The van der Waals surface area contributed by atoms with Crippen molar-refractivity contribution in [3.05, 3.63) is 64.3 Å². The van der Waals surface area contributed by atoms with E-state index in [1.54, 1.807) is 18.3 Å². The quantitative estimate of drug-likeness (QED) is 0.295. The van der Waals surface area contributed by atoms with Crippen LogP contribution < -0.4 is 10.6 Å². The van der Waals surface area contributed by atoms with Crippen molar-refractivity contribution >= 4 is 38.4 Å². The van der Waals surface area contributed by atoms with Crippen LogP contribution in [0.1, 0.15) is 61.6 Å². The van der Waals surface area contributed by atoms with Crippen molar-refractivity contribution < 1.29 is 9.18 Å². The normalized spacial score (nSPS) is 12.0. The average Bonchev–Trinajstić information content (AvgIpc) is 2.75. The first-order chi connectivity index (χ1) is 14.5. The van der Waals surface area contributed by atoms with Crippen LogP contribution in [0.2, 0.25) is 0 Å². The fourth-order valence-electron chi connectivity index (χ4n) is 3.29. The predicted molar refractivity (Wildman–Crippen MR) is 122 cm³/mol. The number of anilines is 1. The maximum absolute atomic E-state index is 13.2. The van der Waals surface area contributed by atoms with Gasteiger partial charge in [-0.1, -0.05) is 38.3 Å². The van der Waals surface area contributed by atoms with Crippen LogP contribution in [0.5, 0.6) is 0 Å². The summed E-state index contributed by atoms with van der Waals surface area (Å²) in [4.78, 5) is 22.1. The van der Waals surface area contributed by atoms with Gasteiger partial charge in [0.15, 0.2) is 5.69 Å². The highest BCUT2D eigenvalue weighted by molar-refractivity contribution is 9.10. The molecule has 158 valence electrons. The molecule has 3 rings (SSSR count).